The van der Waals surface area contributed by atoms with Crippen molar-refractivity contribution in [3.05, 3.63) is 144 Å². The molecule has 0 aliphatic heterocycles. The normalized spacial score (nSPS) is 16.8. The maximum absolute atomic E-state index is 11.1. The summed E-state index contributed by atoms with van der Waals surface area (Å²) in [4.78, 5) is 0. The summed E-state index contributed by atoms with van der Waals surface area (Å²) in [6.07, 6.45) is 14.0. The van der Waals surface area contributed by atoms with Crippen LogP contribution in [0.15, 0.2) is 133 Å². The molecule has 2 aromatic heterocycles. The van der Waals surface area contributed by atoms with E-state index in [9.17, 15) is 10.2 Å². The van der Waals surface area contributed by atoms with E-state index in [0.29, 0.717) is 13.1 Å². The van der Waals surface area contributed by atoms with Crippen molar-refractivity contribution in [1.29, 1.82) is 0 Å². The molecule has 260 valence electrons. The van der Waals surface area contributed by atoms with Crippen LogP contribution in [-0.4, -0.2) is 57.0 Å². The number of fused-ring (bicyclic) bond motifs is 6. The van der Waals surface area contributed by atoms with Crippen LogP contribution in [-0.2, 0) is 29.0 Å². The molecule has 2 aliphatic rings. The molecular formula is C45H46N2O4. The van der Waals surface area contributed by atoms with Crippen molar-refractivity contribution in [2.24, 2.45) is 0 Å². The van der Waals surface area contributed by atoms with Crippen LogP contribution in [0, 0.1) is 0 Å². The summed E-state index contributed by atoms with van der Waals surface area (Å²) in [7, 11) is 0. The molecule has 0 saturated carbocycles. The highest BCUT2D eigenvalue weighted by Crippen LogP contribution is 2.33. The van der Waals surface area contributed by atoms with Crippen molar-refractivity contribution >= 4 is 43.6 Å². The summed E-state index contributed by atoms with van der Waals surface area (Å²) in [5.74, 6) is 0. The summed E-state index contributed by atoms with van der Waals surface area (Å²) in [5, 5.41) is 26.9. The van der Waals surface area contributed by atoms with Crippen LogP contribution in [0.5, 0.6) is 0 Å². The van der Waals surface area contributed by atoms with Gasteiger partial charge in [-0.1, -0.05) is 85.0 Å². The molecule has 2 heterocycles. The maximum atomic E-state index is 11.1. The molecule has 51 heavy (non-hydrogen) atoms. The van der Waals surface area contributed by atoms with Crippen molar-refractivity contribution in [3.63, 3.8) is 0 Å². The number of aliphatic hydroxyl groups is 2. The van der Waals surface area contributed by atoms with Gasteiger partial charge in [0.1, 0.15) is 0 Å². The summed E-state index contributed by atoms with van der Waals surface area (Å²) in [5.41, 5.74) is 9.42. The maximum Gasteiger partial charge on any atom is 0.0952 e. The van der Waals surface area contributed by atoms with Crippen LogP contribution in [0.25, 0.3) is 43.6 Å². The molecular weight excluding hydrogens is 633 g/mol. The van der Waals surface area contributed by atoms with Crippen molar-refractivity contribution in [1.82, 2.24) is 9.13 Å². The first-order valence-corrected chi connectivity index (χ1v) is 18.2. The second-order valence-electron chi connectivity index (χ2n) is 14.1. The van der Waals surface area contributed by atoms with Gasteiger partial charge in [-0.2, -0.15) is 0 Å². The van der Waals surface area contributed by atoms with Crippen LogP contribution >= 0.6 is 0 Å². The molecule has 0 saturated heterocycles. The number of aromatic nitrogens is 2. The van der Waals surface area contributed by atoms with Gasteiger partial charge in [0.25, 0.3) is 0 Å². The first-order valence-electron chi connectivity index (χ1n) is 18.2. The molecule has 4 unspecified atom stereocenters. The summed E-state index contributed by atoms with van der Waals surface area (Å²) in [6.45, 7) is 5.60. The van der Waals surface area contributed by atoms with Gasteiger partial charge in [-0.25, -0.2) is 0 Å². The molecule has 6 heteroatoms. The molecule has 4 atom stereocenters. The van der Waals surface area contributed by atoms with Crippen molar-refractivity contribution in [3.8, 4) is 0 Å². The van der Waals surface area contributed by atoms with E-state index in [1.165, 1.54) is 43.8 Å². The van der Waals surface area contributed by atoms with Gasteiger partial charge in [0.2, 0.25) is 0 Å². The molecule has 4 aromatic carbocycles. The number of aliphatic hydroxyl groups excluding tert-OH is 2. The molecule has 0 bridgehead atoms. The van der Waals surface area contributed by atoms with Crippen LogP contribution in [0.1, 0.15) is 37.8 Å². The monoisotopic (exact) mass is 678 g/mol. The lowest BCUT2D eigenvalue weighted by molar-refractivity contribution is 0.00586. The summed E-state index contributed by atoms with van der Waals surface area (Å²) >= 11 is 0. The van der Waals surface area contributed by atoms with Gasteiger partial charge in [-0.3, -0.25) is 0 Å². The standard InChI is InChI=1S/C45H46N2O4/c1-30(34-11-3-4-12-34)50-28-36(48)26-46-42-17-9-7-15-38(42)40-24-32(19-21-44(40)46)23-33-20-22-45-41(25-33)39-16-8-10-18-43(39)47(45)27-37(49)29-51-31(2)35-13-5-6-14-35/h3-11,13,15-22,24-25,30-31,36-37,48-49H,12,14,23,26-29H2,1-2H3. The first-order chi connectivity index (χ1) is 24.9. The SMILES string of the molecule is CC(OCC(O)Cn1c2ccccc2c2cc(Cc3ccc4c(c3)c3ccccc3n4CC(O)COC(C)C3=CC=CC3)ccc21)C1=CC=CC1. The minimum atomic E-state index is -0.626. The number of ether oxygens (including phenoxy) is 2. The lowest BCUT2D eigenvalue weighted by Gasteiger charge is -2.19. The molecule has 2 aliphatic carbocycles. The predicted octanol–water partition coefficient (Wildman–Crippen LogP) is 8.80. The Morgan fingerprint density at radius 3 is 1.43 bits per heavy atom. The molecule has 0 spiro atoms. The third-order valence-corrected chi connectivity index (χ3v) is 10.6. The third-order valence-electron chi connectivity index (χ3n) is 10.6. The Balaban J connectivity index is 1.02. The van der Waals surface area contributed by atoms with Crippen LogP contribution in [0.3, 0.4) is 0 Å². The average Bonchev–Trinajstić information content (AvgIpc) is 3.98. The van der Waals surface area contributed by atoms with Crippen LogP contribution in [0.4, 0.5) is 0 Å². The molecule has 2 N–H and O–H groups in total. The van der Waals surface area contributed by atoms with E-state index in [-0.39, 0.29) is 25.4 Å². The summed E-state index contributed by atoms with van der Waals surface area (Å²) in [6, 6.07) is 30.4. The zero-order valence-electron chi connectivity index (χ0n) is 29.4. The summed E-state index contributed by atoms with van der Waals surface area (Å²) < 4.78 is 16.6. The smallest absolute Gasteiger partial charge is 0.0952 e. The molecule has 6 nitrogen and oxygen atoms in total. The van der Waals surface area contributed by atoms with Gasteiger partial charge in [0, 0.05) is 43.6 Å². The highest BCUT2D eigenvalue weighted by molar-refractivity contribution is 6.09. The average molecular weight is 679 g/mol. The third kappa shape index (κ3) is 6.85. The van der Waals surface area contributed by atoms with Gasteiger partial charge in [0.05, 0.1) is 50.7 Å². The molecule has 8 rings (SSSR count). The second kappa shape index (κ2) is 14.5. The van der Waals surface area contributed by atoms with E-state index in [0.717, 1.165) is 41.3 Å². The minimum Gasteiger partial charge on any atom is -0.389 e. The molecule has 0 radical (unpaired) electrons. The fourth-order valence-corrected chi connectivity index (χ4v) is 7.83. The minimum absolute atomic E-state index is 0.0106. The number of nitrogens with zero attached hydrogens (tertiary/aromatic N) is 2. The Morgan fingerprint density at radius 1 is 0.569 bits per heavy atom. The predicted molar refractivity (Wildman–Crippen MR) is 208 cm³/mol. The van der Waals surface area contributed by atoms with Gasteiger partial charge in [0.15, 0.2) is 0 Å². The van der Waals surface area contributed by atoms with E-state index in [1.54, 1.807) is 0 Å². The topological polar surface area (TPSA) is 68.8 Å². The zero-order valence-corrected chi connectivity index (χ0v) is 29.4. The van der Waals surface area contributed by atoms with Crippen molar-refractivity contribution in [2.75, 3.05) is 13.2 Å². The molecule has 6 aromatic rings. The highest BCUT2D eigenvalue weighted by atomic mass is 16.5. The van der Waals surface area contributed by atoms with Gasteiger partial charge in [-0.15, -0.1) is 0 Å². The van der Waals surface area contributed by atoms with Crippen LogP contribution < -0.4 is 0 Å². The van der Waals surface area contributed by atoms with E-state index in [2.05, 4.69) is 144 Å². The Kier molecular flexibility index (Phi) is 9.50. The molecule has 0 amide bonds. The quantitative estimate of drug-likeness (QED) is 0.121. The Morgan fingerprint density at radius 2 is 1.00 bits per heavy atom. The van der Waals surface area contributed by atoms with Crippen molar-refractivity contribution < 1.29 is 19.7 Å². The highest BCUT2D eigenvalue weighted by Gasteiger charge is 2.19. The van der Waals surface area contributed by atoms with Gasteiger partial charge < -0.3 is 28.8 Å². The largest absolute Gasteiger partial charge is 0.389 e. The van der Waals surface area contributed by atoms with Crippen LogP contribution in [0.2, 0.25) is 0 Å². The lowest BCUT2D eigenvalue weighted by Crippen LogP contribution is -2.25. The number of hydrogen-bond donors (Lipinski definition) is 2. The number of hydrogen-bond acceptors (Lipinski definition) is 4. The fourth-order valence-electron chi connectivity index (χ4n) is 7.83. The molecule has 0 fully saturated rings. The zero-order chi connectivity index (χ0) is 34.9. The lowest BCUT2D eigenvalue weighted by atomic mass is 10.0. The number of rotatable bonds is 14. The number of para-hydroxylation sites is 2. The van der Waals surface area contributed by atoms with E-state index in [4.69, 9.17) is 9.47 Å². The van der Waals surface area contributed by atoms with E-state index < -0.39 is 12.2 Å². The van der Waals surface area contributed by atoms with Gasteiger partial charge in [-0.05, 0) is 91.8 Å². The van der Waals surface area contributed by atoms with Crippen molar-refractivity contribution in [2.45, 2.75) is 70.6 Å². The second-order valence-corrected chi connectivity index (χ2v) is 14.1. The first kappa shape index (κ1) is 33.4. The Hall–Kier alpha value is -4.72. The fraction of sp³-hybridized carbons (Fsp3) is 0.289. The Labute approximate surface area is 299 Å². The van der Waals surface area contributed by atoms with E-state index >= 15 is 0 Å². The number of benzene rings is 4. The Bertz CT molecular complexity index is 2170. The van der Waals surface area contributed by atoms with E-state index in [1.807, 2.05) is 0 Å². The number of allylic oxidation sites excluding steroid dienone is 6. The van der Waals surface area contributed by atoms with Gasteiger partial charge >= 0.3 is 0 Å².